The third-order valence-electron chi connectivity index (χ3n) is 4.95. The highest BCUT2D eigenvalue weighted by atomic mass is 32.1. The highest BCUT2D eigenvalue weighted by Crippen LogP contribution is 2.19. The molecule has 5 nitrogen and oxygen atoms in total. The molecule has 0 radical (unpaired) electrons. The van der Waals surface area contributed by atoms with Gasteiger partial charge in [-0.25, -0.2) is 9.18 Å². The molecule has 0 saturated carbocycles. The molecule has 0 aliphatic carbocycles. The average molecular weight is 434 g/mol. The first-order valence-electron chi connectivity index (χ1n) is 10.4. The summed E-state index contributed by atoms with van der Waals surface area (Å²) < 4.78 is 13.3. The lowest BCUT2D eigenvalue weighted by Gasteiger charge is -2.29. The van der Waals surface area contributed by atoms with E-state index in [1.165, 1.54) is 17.0 Å². The summed E-state index contributed by atoms with van der Waals surface area (Å²) >= 11 is 1.65. The Balaban J connectivity index is 2.19. The van der Waals surface area contributed by atoms with Gasteiger partial charge in [0.1, 0.15) is 12.4 Å². The van der Waals surface area contributed by atoms with Crippen LogP contribution in [-0.4, -0.2) is 41.4 Å². The van der Waals surface area contributed by atoms with E-state index in [2.05, 4.69) is 19.2 Å². The Bertz CT molecular complexity index is 822. The molecule has 0 saturated heterocycles. The predicted octanol–water partition coefficient (Wildman–Crippen LogP) is 4.80. The number of halogens is 1. The number of nitrogens with one attached hydrogen (secondary N) is 1. The van der Waals surface area contributed by atoms with Gasteiger partial charge in [-0.2, -0.15) is 0 Å². The van der Waals surface area contributed by atoms with Crippen LogP contribution in [-0.2, 0) is 17.9 Å². The van der Waals surface area contributed by atoms with Crippen LogP contribution >= 0.6 is 11.3 Å². The number of nitrogens with zero attached hydrogens (tertiary/aromatic N) is 2. The van der Waals surface area contributed by atoms with E-state index in [9.17, 15) is 14.0 Å². The zero-order chi connectivity index (χ0) is 22.1. The summed E-state index contributed by atoms with van der Waals surface area (Å²) in [5, 5.41) is 2.80. The molecule has 1 N–H and O–H groups in total. The van der Waals surface area contributed by atoms with E-state index >= 15 is 0 Å². The van der Waals surface area contributed by atoms with Gasteiger partial charge in [0.15, 0.2) is 0 Å². The summed E-state index contributed by atoms with van der Waals surface area (Å²) in [6, 6.07) is 10.0. The third-order valence-corrected chi connectivity index (χ3v) is 5.94. The van der Waals surface area contributed by atoms with E-state index in [4.69, 9.17) is 0 Å². The summed E-state index contributed by atoms with van der Waals surface area (Å²) in [6.45, 7) is 9.91. The molecule has 0 spiro atoms. The molecule has 1 heterocycles. The second-order valence-electron chi connectivity index (χ2n) is 7.62. The number of rotatable bonds is 10. The number of benzene rings is 1. The minimum atomic E-state index is -0.304. The van der Waals surface area contributed by atoms with Crippen molar-refractivity contribution in [2.45, 2.75) is 47.2 Å². The van der Waals surface area contributed by atoms with Crippen molar-refractivity contribution in [2.24, 2.45) is 5.92 Å². The molecule has 0 bridgehead atoms. The summed E-state index contributed by atoms with van der Waals surface area (Å²) in [5.41, 5.74) is 0.851. The average Bonchev–Trinajstić information content (AvgIpc) is 3.13. The maximum absolute atomic E-state index is 13.3. The van der Waals surface area contributed by atoms with Gasteiger partial charge in [-0.05, 0) is 49.6 Å². The Morgan fingerprint density at radius 3 is 2.33 bits per heavy atom. The first-order chi connectivity index (χ1) is 14.3. The highest BCUT2D eigenvalue weighted by molar-refractivity contribution is 7.11. The number of urea groups is 1. The van der Waals surface area contributed by atoms with Crippen LogP contribution in [0.15, 0.2) is 36.4 Å². The van der Waals surface area contributed by atoms with Gasteiger partial charge in [-0.1, -0.05) is 32.4 Å². The van der Waals surface area contributed by atoms with Crippen LogP contribution in [0.3, 0.4) is 0 Å². The molecule has 7 heteroatoms. The van der Waals surface area contributed by atoms with Crippen LogP contribution in [0.2, 0.25) is 0 Å². The lowest BCUT2D eigenvalue weighted by molar-refractivity contribution is -0.133. The Morgan fingerprint density at radius 2 is 1.77 bits per heavy atom. The van der Waals surface area contributed by atoms with Crippen molar-refractivity contribution >= 4 is 23.3 Å². The Morgan fingerprint density at radius 1 is 1.07 bits per heavy atom. The maximum Gasteiger partial charge on any atom is 0.317 e. The summed E-state index contributed by atoms with van der Waals surface area (Å²) in [6.07, 6.45) is 0.928. The molecule has 1 unspecified atom stereocenters. The topological polar surface area (TPSA) is 52.7 Å². The van der Waals surface area contributed by atoms with Gasteiger partial charge < -0.3 is 15.1 Å². The van der Waals surface area contributed by atoms with Gasteiger partial charge in [-0.3, -0.25) is 4.79 Å². The molecular formula is C23H32FN3O2S. The number of hydrogen-bond donors (Lipinski definition) is 1. The van der Waals surface area contributed by atoms with Gasteiger partial charge in [0.25, 0.3) is 0 Å². The van der Waals surface area contributed by atoms with Gasteiger partial charge in [0, 0.05) is 29.4 Å². The Kier molecular flexibility index (Phi) is 9.30. The van der Waals surface area contributed by atoms with Crippen molar-refractivity contribution in [2.75, 3.05) is 19.6 Å². The van der Waals surface area contributed by atoms with Crippen LogP contribution < -0.4 is 5.32 Å². The predicted molar refractivity (Wildman–Crippen MR) is 120 cm³/mol. The molecule has 1 atom stereocenters. The normalized spacial score (nSPS) is 11.8. The van der Waals surface area contributed by atoms with Crippen LogP contribution in [0.5, 0.6) is 0 Å². The lowest BCUT2D eigenvalue weighted by Crippen LogP contribution is -2.47. The molecular weight excluding hydrogens is 401 g/mol. The zero-order valence-corrected chi connectivity index (χ0v) is 19.1. The van der Waals surface area contributed by atoms with Crippen molar-refractivity contribution in [3.8, 4) is 0 Å². The molecule has 2 rings (SSSR count). The number of amides is 3. The molecule has 3 amide bonds. The number of aryl methyl sites for hydroxylation is 1. The SMILES string of the molecule is CCNC(=O)N(CC(=O)N(Cc1ccc(F)cc1)Cc1ccc(C)s1)CC(C)CC. The van der Waals surface area contributed by atoms with E-state index in [-0.39, 0.29) is 24.3 Å². The van der Waals surface area contributed by atoms with Crippen LogP contribution in [0.25, 0.3) is 0 Å². The highest BCUT2D eigenvalue weighted by Gasteiger charge is 2.23. The van der Waals surface area contributed by atoms with Crippen LogP contribution in [0.4, 0.5) is 9.18 Å². The van der Waals surface area contributed by atoms with E-state index in [1.54, 1.807) is 33.3 Å². The number of carbonyl (C=O) groups excluding carboxylic acids is 2. The van der Waals surface area contributed by atoms with E-state index in [1.807, 2.05) is 26.0 Å². The first-order valence-corrected chi connectivity index (χ1v) is 11.2. The van der Waals surface area contributed by atoms with E-state index in [0.717, 1.165) is 16.9 Å². The number of hydrogen-bond acceptors (Lipinski definition) is 3. The minimum absolute atomic E-state index is 0.0156. The standard InChI is InChI=1S/C23H32FN3O2S/c1-5-17(3)13-27(23(29)25-6-2)16-22(28)26(15-21-12-7-18(4)30-21)14-19-8-10-20(24)11-9-19/h7-12,17H,5-6,13-16H2,1-4H3,(H,25,29). The fraction of sp³-hybridized carbons (Fsp3) is 0.478. The molecule has 0 fully saturated rings. The van der Waals surface area contributed by atoms with Gasteiger partial charge in [-0.15, -0.1) is 11.3 Å². The van der Waals surface area contributed by atoms with Gasteiger partial charge in [0.2, 0.25) is 5.91 Å². The molecule has 1 aromatic heterocycles. The largest absolute Gasteiger partial charge is 0.338 e. The summed E-state index contributed by atoms with van der Waals surface area (Å²) in [7, 11) is 0. The molecule has 2 aromatic rings. The van der Waals surface area contributed by atoms with Crippen molar-refractivity contribution in [1.29, 1.82) is 0 Å². The van der Waals surface area contributed by atoms with E-state index in [0.29, 0.717) is 32.1 Å². The Hall–Kier alpha value is -2.41. The van der Waals surface area contributed by atoms with Crippen LogP contribution in [0, 0.1) is 18.7 Å². The minimum Gasteiger partial charge on any atom is -0.338 e. The van der Waals surface area contributed by atoms with Gasteiger partial charge in [0.05, 0.1) is 6.54 Å². The number of carbonyl (C=O) groups is 2. The first kappa shape index (κ1) is 23.9. The van der Waals surface area contributed by atoms with Crippen molar-refractivity contribution in [3.63, 3.8) is 0 Å². The second kappa shape index (κ2) is 11.7. The fourth-order valence-corrected chi connectivity index (χ4v) is 3.96. The fourth-order valence-electron chi connectivity index (χ4n) is 3.05. The second-order valence-corrected chi connectivity index (χ2v) is 8.99. The smallest absolute Gasteiger partial charge is 0.317 e. The summed E-state index contributed by atoms with van der Waals surface area (Å²) in [4.78, 5) is 31.4. The zero-order valence-electron chi connectivity index (χ0n) is 18.3. The molecule has 0 aliphatic heterocycles. The van der Waals surface area contributed by atoms with Crippen molar-refractivity contribution in [1.82, 2.24) is 15.1 Å². The molecule has 1 aromatic carbocycles. The lowest BCUT2D eigenvalue weighted by atomic mass is 10.1. The quantitative estimate of drug-likeness (QED) is 0.585. The maximum atomic E-state index is 13.3. The monoisotopic (exact) mass is 433 g/mol. The van der Waals surface area contributed by atoms with E-state index < -0.39 is 0 Å². The molecule has 164 valence electrons. The Labute approximate surface area is 182 Å². The molecule has 30 heavy (non-hydrogen) atoms. The summed E-state index contributed by atoms with van der Waals surface area (Å²) in [5.74, 6) is -0.132. The van der Waals surface area contributed by atoms with Crippen molar-refractivity contribution < 1.29 is 14.0 Å². The number of thiophene rings is 1. The third kappa shape index (κ3) is 7.44. The van der Waals surface area contributed by atoms with Gasteiger partial charge >= 0.3 is 6.03 Å². The molecule has 0 aliphatic rings. The van der Waals surface area contributed by atoms with Crippen molar-refractivity contribution in [3.05, 3.63) is 57.5 Å². The van der Waals surface area contributed by atoms with Crippen LogP contribution in [0.1, 0.15) is 42.5 Å².